The number of rotatable bonds is 5. The van der Waals surface area contributed by atoms with Gasteiger partial charge < -0.3 is 4.74 Å². The molecule has 0 N–H and O–H groups in total. The summed E-state index contributed by atoms with van der Waals surface area (Å²) in [7, 11) is 0. The van der Waals surface area contributed by atoms with Crippen LogP contribution in [0.1, 0.15) is 36.6 Å². The van der Waals surface area contributed by atoms with Gasteiger partial charge in [-0.1, -0.05) is 44.2 Å². The van der Waals surface area contributed by atoms with Gasteiger partial charge in [-0.2, -0.15) is 0 Å². The van der Waals surface area contributed by atoms with E-state index in [-0.39, 0.29) is 11.7 Å². The third kappa shape index (κ3) is 3.49. The summed E-state index contributed by atoms with van der Waals surface area (Å²) in [5, 5.41) is 0. The van der Waals surface area contributed by atoms with E-state index in [1.54, 1.807) is 11.6 Å². The molecule has 0 saturated carbocycles. The molecule has 1 heterocycles. The molecule has 0 aliphatic carbocycles. The average Bonchev–Trinajstić information content (AvgIpc) is 3.00. The first-order valence-electron chi connectivity index (χ1n) is 7.97. The summed E-state index contributed by atoms with van der Waals surface area (Å²) < 4.78 is 20.7. The first kappa shape index (κ1) is 16.7. The van der Waals surface area contributed by atoms with Crippen LogP contribution in [0.25, 0.3) is 10.4 Å². The maximum Gasteiger partial charge on any atom is 0.132 e. The molecule has 3 aromatic rings. The van der Waals surface area contributed by atoms with Crippen molar-refractivity contribution in [1.82, 2.24) is 4.98 Å². The molecule has 0 radical (unpaired) electrons. The van der Waals surface area contributed by atoms with Crippen LogP contribution in [0.2, 0.25) is 0 Å². The molecule has 0 atom stereocenters. The van der Waals surface area contributed by atoms with E-state index in [0.717, 1.165) is 27.4 Å². The highest BCUT2D eigenvalue weighted by atomic mass is 32.1. The van der Waals surface area contributed by atoms with Crippen LogP contribution in [0.15, 0.2) is 48.0 Å². The number of benzene rings is 2. The standard InChI is InChI=1S/C20H20FNOS/c1-13(2)16-9-18(21)17(20-14(3)22-12-24-20)10-19(16)23-11-15-7-5-4-6-8-15/h4-10,12-13H,11H2,1-3H3. The van der Waals surface area contributed by atoms with Crippen LogP contribution in [0.5, 0.6) is 5.75 Å². The van der Waals surface area contributed by atoms with Crippen molar-refractivity contribution >= 4 is 11.3 Å². The van der Waals surface area contributed by atoms with Crippen LogP contribution in [-0.4, -0.2) is 4.98 Å². The summed E-state index contributed by atoms with van der Waals surface area (Å²) in [6.45, 7) is 6.45. The van der Waals surface area contributed by atoms with Crippen molar-refractivity contribution < 1.29 is 9.13 Å². The molecule has 0 fully saturated rings. The SMILES string of the molecule is Cc1ncsc1-c1cc(OCc2ccccc2)c(C(C)C)cc1F. The number of nitrogens with zero attached hydrogens (tertiary/aromatic N) is 1. The van der Waals surface area contributed by atoms with Gasteiger partial charge in [0, 0.05) is 5.56 Å². The van der Waals surface area contributed by atoms with Crippen molar-refractivity contribution in [2.24, 2.45) is 0 Å². The van der Waals surface area contributed by atoms with Gasteiger partial charge in [-0.15, -0.1) is 11.3 Å². The fourth-order valence-corrected chi connectivity index (χ4v) is 3.44. The van der Waals surface area contributed by atoms with Gasteiger partial charge in [0.05, 0.1) is 16.1 Å². The molecule has 0 aliphatic heterocycles. The molecule has 0 spiro atoms. The third-order valence-electron chi connectivity index (χ3n) is 3.95. The highest BCUT2D eigenvalue weighted by Gasteiger charge is 2.17. The number of thiazole rings is 1. The maximum absolute atomic E-state index is 14.6. The summed E-state index contributed by atoms with van der Waals surface area (Å²) in [4.78, 5) is 5.08. The van der Waals surface area contributed by atoms with Crippen LogP contribution in [-0.2, 0) is 6.61 Å². The lowest BCUT2D eigenvalue weighted by molar-refractivity contribution is 0.301. The Morgan fingerprint density at radius 1 is 1.17 bits per heavy atom. The minimum atomic E-state index is -0.224. The Kier molecular flexibility index (Phi) is 4.95. The van der Waals surface area contributed by atoms with E-state index in [2.05, 4.69) is 4.98 Å². The molecule has 0 aliphatic rings. The fraction of sp³-hybridized carbons (Fsp3) is 0.250. The number of halogens is 1. The van der Waals surface area contributed by atoms with Gasteiger partial charge in [0.25, 0.3) is 0 Å². The lowest BCUT2D eigenvalue weighted by Gasteiger charge is -2.16. The summed E-state index contributed by atoms with van der Waals surface area (Å²) in [5.41, 5.74) is 5.11. The fourth-order valence-electron chi connectivity index (χ4n) is 2.61. The zero-order chi connectivity index (χ0) is 17.1. The largest absolute Gasteiger partial charge is 0.489 e. The first-order valence-corrected chi connectivity index (χ1v) is 8.85. The summed E-state index contributed by atoms with van der Waals surface area (Å²) in [6.07, 6.45) is 0. The van der Waals surface area contributed by atoms with E-state index < -0.39 is 0 Å². The second-order valence-electron chi connectivity index (χ2n) is 6.07. The van der Waals surface area contributed by atoms with Crippen molar-refractivity contribution in [3.8, 4) is 16.2 Å². The van der Waals surface area contributed by atoms with Crippen LogP contribution in [0, 0.1) is 12.7 Å². The Labute approximate surface area is 146 Å². The Balaban J connectivity index is 1.98. The van der Waals surface area contributed by atoms with Gasteiger partial charge in [0.1, 0.15) is 18.2 Å². The molecular weight excluding hydrogens is 321 g/mol. The average molecular weight is 341 g/mol. The van der Waals surface area contributed by atoms with Crippen molar-refractivity contribution in [2.45, 2.75) is 33.3 Å². The molecule has 2 aromatic carbocycles. The number of ether oxygens (including phenoxy) is 1. The quantitative estimate of drug-likeness (QED) is 0.571. The monoisotopic (exact) mass is 341 g/mol. The van der Waals surface area contributed by atoms with E-state index >= 15 is 0 Å². The van der Waals surface area contributed by atoms with Crippen molar-refractivity contribution in [2.75, 3.05) is 0 Å². The van der Waals surface area contributed by atoms with Crippen molar-refractivity contribution in [3.05, 3.63) is 70.6 Å². The van der Waals surface area contributed by atoms with Crippen molar-refractivity contribution in [3.63, 3.8) is 0 Å². The summed E-state index contributed by atoms with van der Waals surface area (Å²) in [6, 6.07) is 13.4. The van der Waals surface area contributed by atoms with E-state index in [1.165, 1.54) is 11.3 Å². The first-order chi connectivity index (χ1) is 11.6. The topological polar surface area (TPSA) is 22.1 Å². The van der Waals surface area contributed by atoms with E-state index in [1.807, 2.05) is 57.2 Å². The predicted molar refractivity (Wildman–Crippen MR) is 97.1 cm³/mol. The number of aryl methyl sites for hydroxylation is 1. The van der Waals surface area contributed by atoms with Gasteiger partial charge in [-0.3, -0.25) is 0 Å². The molecule has 0 saturated heterocycles. The van der Waals surface area contributed by atoms with Crippen LogP contribution < -0.4 is 4.74 Å². The highest BCUT2D eigenvalue weighted by molar-refractivity contribution is 7.13. The molecule has 24 heavy (non-hydrogen) atoms. The zero-order valence-corrected chi connectivity index (χ0v) is 14.9. The minimum Gasteiger partial charge on any atom is -0.489 e. The molecule has 4 heteroatoms. The maximum atomic E-state index is 14.6. The Morgan fingerprint density at radius 3 is 2.54 bits per heavy atom. The van der Waals surface area contributed by atoms with E-state index in [0.29, 0.717) is 12.2 Å². The molecular formula is C20H20FNOS. The highest BCUT2D eigenvalue weighted by Crippen LogP contribution is 2.37. The molecule has 2 nitrogen and oxygen atoms in total. The normalized spacial score (nSPS) is 11.0. The third-order valence-corrected chi connectivity index (χ3v) is 4.91. The van der Waals surface area contributed by atoms with Crippen molar-refractivity contribution in [1.29, 1.82) is 0 Å². The van der Waals surface area contributed by atoms with Crippen LogP contribution in [0.3, 0.4) is 0 Å². The van der Waals surface area contributed by atoms with Gasteiger partial charge in [-0.05, 0) is 36.1 Å². The second kappa shape index (κ2) is 7.14. The second-order valence-corrected chi connectivity index (χ2v) is 6.92. The van der Waals surface area contributed by atoms with Gasteiger partial charge >= 0.3 is 0 Å². The predicted octanol–water partition coefficient (Wildman–Crippen LogP) is 5.96. The molecule has 1 aromatic heterocycles. The Bertz CT molecular complexity index is 827. The van der Waals surface area contributed by atoms with Crippen LogP contribution in [0.4, 0.5) is 4.39 Å². The summed E-state index contributed by atoms with van der Waals surface area (Å²) >= 11 is 1.45. The lowest BCUT2D eigenvalue weighted by Crippen LogP contribution is -2.02. The number of hydrogen-bond acceptors (Lipinski definition) is 3. The molecule has 3 rings (SSSR count). The van der Waals surface area contributed by atoms with E-state index in [4.69, 9.17) is 4.74 Å². The van der Waals surface area contributed by atoms with Gasteiger partial charge in [0.15, 0.2) is 0 Å². The molecule has 124 valence electrons. The lowest BCUT2D eigenvalue weighted by atomic mass is 9.99. The summed E-state index contributed by atoms with van der Waals surface area (Å²) in [5.74, 6) is 0.693. The molecule has 0 bridgehead atoms. The number of hydrogen-bond donors (Lipinski definition) is 0. The Hall–Kier alpha value is -2.20. The van der Waals surface area contributed by atoms with Gasteiger partial charge in [0.2, 0.25) is 0 Å². The molecule has 0 unspecified atom stereocenters. The smallest absolute Gasteiger partial charge is 0.132 e. The van der Waals surface area contributed by atoms with Gasteiger partial charge in [-0.25, -0.2) is 9.37 Å². The Morgan fingerprint density at radius 2 is 1.92 bits per heavy atom. The molecule has 0 amide bonds. The zero-order valence-electron chi connectivity index (χ0n) is 14.0. The van der Waals surface area contributed by atoms with E-state index in [9.17, 15) is 4.39 Å². The minimum absolute atomic E-state index is 0.182. The van der Waals surface area contributed by atoms with Crippen LogP contribution >= 0.6 is 11.3 Å². The number of aromatic nitrogens is 1.